The summed E-state index contributed by atoms with van der Waals surface area (Å²) in [4.78, 5) is 23.2. The summed E-state index contributed by atoms with van der Waals surface area (Å²) in [6.45, 7) is -0.368. The standard InChI is InChI=1S/C13H11F3N4O2S/c14-13(15,16)11-19-20-12(23-11)18-10(22)7-17-9(21)6-8-4-2-1-3-5-8/h1-5H,6-7H2,(H,17,21)(H,18,20,22). The van der Waals surface area contributed by atoms with E-state index in [1.165, 1.54) is 0 Å². The third-order valence-corrected chi connectivity index (χ3v) is 3.45. The number of hydrogen-bond acceptors (Lipinski definition) is 5. The first kappa shape index (κ1) is 16.9. The number of nitrogens with one attached hydrogen (secondary N) is 2. The Balaban J connectivity index is 1.79. The molecule has 1 heterocycles. The van der Waals surface area contributed by atoms with Gasteiger partial charge in [-0.3, -0.25) is 14.9 Å². The Kier molecular flexibility index (Phi) is 5.27. The van der Waals surface area contributed by atoms with Crippen molar-refractivity contribution in [2.75, 3.05) is 11.9 Å². The quantitative estimate of drug-likeness (QED) is 0.867. The Bertz CT molecular complexity index is 688. The van der Waals surface area contributed by atoms with Crippen LogP contribution >= 0.6 is 11.3 Å². The highest BCUT2D eigenvalue weighted by Crippen LogP contribution is 2.32. The molecule has 1 aromatic carbocycles. The molecule has 2 N–H and O–H groups in total. The molecule has 0 saturated carbocycles. The molecule has 0 atom stereocenters. The minimum absolute atomic E-state index is 0.102. The molecule has 2 amide bonds. The van der Waals surface area contributed by atoms with Gasteiger partial charge in [-0.1, -0.05) is 41.7 Å². The Labute approximate surface area is 132 Å². The van der Waals surface area contributed by atoms with Gasteiger partial charge in [0.25, 0.3) is 0 Å². The van der Waals surface area contributed by atoms with Crippen LogP contribution in [0.5, 0.6) is 0 Å². The van der Waals surface area contributed by atoms with E-state index in [1.807, 2.05) is 6.07 Å². The third kappa shape index (κ3) is 5.33. The molecular formula is C13H11F3N4O2S. The maximum absolute atomic E-state index is 12.3. The largest absolute Gasteiger partial charge is 0.445 e. The molecule has 10 heteroatoms. The number of anilines is 1. The van der Waals surface area contributed by atoms with Crippen LogP contribution in [0.25, 0.3) is 0 Å². The lowest BCUT2D eigenvalue weighted by Gasteiger charge is -2.05. The number of carbonyl (C=O) groups is 2. The minimum Gasteiger partial charge on any atom is -0.347 e. The summed E-state index contributed by atoms with van der Waals surface area (Å²) in [6, 6.07) is 8.90. The predicted octanol–water partition coefficient (Wildman–Crippen LogP) is 1.85. The van der Waals surface area contributed by atoms with E-state index in [1.54, 1.807) is 24.3 Å². The van der Waals surface area contributed by atoms with Gasteiger partial charge >= 0.3 is 6.18 Å². The zero-order valence-corrected chi connectivity index (χ0v) is 12.4. The number of amides is 2. The third-order valence-electron chi connectivity index (χ3n) is 2.57. The van der Waals surface area contributed by atoms with Crippen molar-refractivity contribution >= 4 is 28.3 Å². The molecule has 23 heavy (non-hydrogen) atoms. The minimum atomic E-state index is -4.61. The fourth-order valence-corrected chi connectivity index (χ4v) is 2.20. The van der Waals surface area contributed by atoms with Crippen molar-refractivity contribution in [1.82, 2.24) is 15.5 Å². The van der Waals surface area contributed by atoms with Crippen molar-refractivity contribution in [2.24, 2.45) is 0 Å². The lowest BCUT2D eigenvalue weighted by Crippen LogP contribution is -2.33. The molecule has 0 aliphatic carbocycles. The molecule has 0 radical (unpaired) electrons. The molecule has 2 aromatic rings. The molecule has 0 aliphatic rings. The van der Waals surface area contributed by atoms with Crippen molar-refractivity contribution in [3.63, 3.8) is 0 Å². The monoisotopic (exact) mass is 344 g/mol. The first-order valence-electron chi connectivity index (χ1n) is 6.36. The highest BCUT2D eigenvalue weighted by Gasteiger charge is 2.35. The molecule has 0 unspecified atom stereocenters. The Morgan fingerprint density at radius 1 is 1.09 bits per heavy atom. The first-order chi connectivity index (χ1) is 10.8. The molecule has 0 bridgehead atoms. The Hall–Kier alpha value is -2.49. The number of nitrogens with zero attached hydrogens (tertiary/aromatic N) is 2. The van der Waals surface area contributed by atoms with Crippen LogP contribution in [0.3, 0.4) is 0 Å². The number of halogens is 3. The van der Waals surface area contributed by atoms with Gasteiger partial charge < -0.3 is 5.32 Å². The number of rotatable bonds is 5. The van der Waals surface area contributed by atoms with Crippen molar-refractivity contribution in [2.45, 2.75) is 12.6 Å². The van der Waals surface area contributed by atoms with E-state index in [0.717, 1.165) is 5.56 Å². The van der Waals surface area contributed by atoms with E-state index in [-0.39, 0.29) is 35.3 Å². The summed E-state index contributed by atoms with van der Waals surface area (Å²) in [5, 5.41) is 9.24. The molecule has 6 nitrogen and oxygen atoms in total. The molecule has 0 saturated heterocycles. The van der Waals surface area contributed by atoms with Crippen LogP contribution in [0.2, 0.25) is 0 Å². The normalized spacial score (nSPS) is 11.1. The second-order valence-electron chi connectivity index (χ2n) is 4.40. The van der Waals surface area contributed by atoms with E-state index in [9.17, 15) is 22.8 Å². The number of alkyl halides is 3. The SMILES string of the molecule is O=C(Cc1ccccc1)NCC(=O)Nc1nnc(C(F)(F)F)s1. The van der Waals surface area contributed by atoms with Crippen LogP contribution < -0.4 is 10.6 Å². The van der Waals surface area contributed by atoms with Crippen molar-refractivity contribution < 1.29 is 22.8 Å². The maximum atomic E-state index is 12.3. The van der Waals surface area contributed by atoms with Crippen LogP contribution in [0.1, 0.15) is 10.6 Å². The van der Waals surface area contributed by atoms with Crippen molar-refractivity contribution in [1.29, 1.82) is 0 Å². The zero-order valence-electron chi connectivity index (χ0n) is 11.6. The molecule has 0 fully saturated rings. The summed E-state index contributed by atoms with van der Waals surface area (Å²) >= 11 is 0.213. The van der Waals surface area contributed by atoms with E-state index in [4.69, 9.17) is 0 Å². The first-order valence-corrected chi connectivity index (χ1v) is 7.17. The molecule has 1 aromatic heterocycles. The van der Waals surface area contributed by atoms with Gasteiger partial charge in [0.1, 0.15) is 0 Å². The maximum Gasteiger partial charge on any atom is 0.445 e. The van der Waals surface area contributed by atoms with E-state index < -0.39 is 17.1 Å². The fraction of sp³-hybridized carbons (Fsp3) is 0.231. The number of aromatic nitrogens is 2. The van der Waals surface area contributed by atoms with Gasteiger partial charge in [-0.05, 0) is 5.56 Å². The predicted molar refractivity (Wildman–Crippen MR) is 76.7 cm³/mol. The van der Waals surface area contributed by atoms with Gasteiger partial charge in [-0.25, -0.2) is 0 Å². The highest BCUT2D eigenvalue weighted by molar-refractivity contribution is 7.15. The average Bonchev–Trinajstić information content (AvgIpc) is 2.95. The number of benzene rings is 1. The zero-order chi connectivity index (χ0) is 16.9. The second kappa shape index (κ2) is 7.18. The van der Waals surface area contributed by atoms with Gasteiger partial charge in [0, 0.05) is 0 Å². The molecular weight excluding hydrogens is 333 g/mol. The topological polar surface area (TPSA) is 84.0 Å². The van der Waals surface area contributed by atoms with Crippen LogP contribution in [0, 0.1) is 0 Å². The van der Waals surface area contributed by atoms with E-state index in [2.05, 4.69) is 20.8 Å². The van der Waals surface area contributed by atoms with Crippen LogP contribution in [-0.2, 0) is 22.2 Å². The van der Waals surface area contributed by atoms with Crippen LogP contribution in [0.15, 0.2) is 30.3 Å². The fourth-order valence-electron chi connectivity index (χ4n) is 1.57. The van der Waals surface area contributed by atoms with Crippen molar-refractivity contribution in [3.8, 4) is 0 Å². The summed E-state index contributed by atoms with van der Waals surface area (Å²) in [6.07, 6.45) is -4.50. The summed E-state index contributed by atoms with van der Waals surface area (Å²) in [5.74, 6) is -1.06. The van der Waals surface area contributed by atoms with Crippen LogP contribution in [-0.4, -0.2) is 28.6 Å². The van der Waals surface area contributed by atoms with Gasteiger partial charge in [0.2, 0.25) is 22.0 Å². The Morgan fingerprint density at radius 3 is 2.39 bits per heavy atom. The van der Waals surface area contributed by atoms with E-state index in [0.29, 0.717) is 0 Å². The van der Waals surface area contributed by atoms with Gasteiger partial charge in [-0.15, -0.1) is 10.2 Å². The summed E-state index contributed by atoms with van der Waals surface area (Å²) < 4.78 is 37.0. The van der Waals surface area contributed by atoms with E-state index >= 15 is 0 Å². The second-order valence-corrected chi connectivity index (χ2v) is 5.37. The van der Waals surface area contributed by atoms with Gasteiger partial charge in [0.15, 0.2) is 0 Å². The summed E-state index contributed by atoms with van der Waals surface area (Å²) in [5.41, 5.74) is 0.782. The smallest absolute Gasteiger partial charge is 0.347 e. The average molecular weight is 344 g/mol. The van der Waals surface area contributed by atoms with Gasteiger partial charge in [-0.2, -0.15) is 13.2 Å². The highest BCUT2D eigenvalue weighted by atomic mass is 32.1. The Morgan fingerprint density at radius 2 is 1.78 bits per heavy atom. The molecule has 2 rings (SSSR count). The molecule has 0 spiro atoms. The number of hydrogen-bond donors (Lipinski definition) is 2. The lowest BCUT2D eigenvalue weighted by atomic mass is 10.1. The van der Waals surface area contributed by atoms with Gasteiger partial charge in [0.05, 0.1) is 13.0 Å². The summed E-state index contributed by atoms with van der Waals surface area (Å²) in [7, 11) is 0. The lowest BCUT2D eigenvalue weighted by molar-refractivity contribution is -0.138. The molecule has 122 valence electrons. The van der Waals surface area contributed by atoms with Crippen LogP contribution in [0.4, 0.5) is 18.3 Å². The van der Waals surface area contributed by atoms with Crippen molar-refractivity contribution in [3.05, 3.63) is 40.9 Å². The molecule has 0 aliphatic heterocycles. The number of carbonyl (C=O) groups excluding carboxylic acids is 2.